The van der Waals surface area contributed by atoms with Crippen molar-refractivity contribution in [3.8, 4) is 45.6 Å². The zero-order chi connectivity index (χ0) is 86.9. The van der Waals surface area contributed by atoms with Gasteiger partial charge in [0.1, 0.15) is 83.6 Å². The first-order valence-corrected chi connectivity index (χ1v) is 36.5. The van der Waals surface area contributed by atoms with E-state index in [2.05, 4.69) is 101 Å². The van der Waals surface area contributed by atoms with Crippen LogP contribution in [0.1, 0.15) is 60.8 Å². The molecule has 0 bridgehead atoms. The van der Waals surface area contributed by atoms with Crippen LogP contribution < -0.4 is 42.1 Å². The lowest BCUT2D eigenvalue weighted by Crippen LogP contribution is -2.52. The zero-order valence-electron chi connectivity index (χ0n) is 62.7. The van der Waals surface area contributed by atoms with E-state index in [9.17, 15) is 80.6 Å². The molecule has 12 aromatic rings. The van der Waals surface area contributed by atoms with Crippen molar-refractivity contribution in [3.63, 3.8) is 0 Å². The highest BCUT2D eigenvalue weighted by Crippen LogP contribution is 2.36. The van der Waals surface area contributed by atoms with E-state index in [0.717, 1.165) is 17.8 Å². The normalized spacial score (nSPS) is 14.8. The molecule has 12 aromatic heterocycles. The van der Waals surface area contributed by atoms with Gasteiger partial charge in [0.25, 0.3) is 0 Å². The number of carbonyl (C=O) groups is 4. The van der Waals surface area contributed by atoms with Gasteiger partial charge in [-0.2, -0.15) is 57.7 Å². The van der Waals surface area contributed by atoms with Crippen LogP contribution in [0.4, 0.5) is 84.9 Å². The number of aromatic nitrogens is 17. The second kappa shape index (κ2) is 36.6. The number of aromatic amines is 4. The molecule has 0 aliphatic carbocycles. The van der Waals surface area contributed by atoms with E-state index in [-0.39, 0.29) is 60.9 Å². The first kappa shape index (κ1) is 89.6. The van der Waals surface area contributed by atoms with Gasteiger partial charge in [0, 0.05) is 120 Å². The monoisotopic (exact) mass is 1760 g/mol. The highest BCUT2D eigenvalue weighted by Gasteiger charge is 2.42. The molecule has 1 aliphatic rings. The molecule has 13 rings (SSSR count). The SMILES string of the molecule is CC(C)(Nc1ncnc(-c2c[nH]c3ncc(Cl)cc23)n1)C(=O)NCC(F)(F)F.CC[C@@](C)(Nc1ccnc(-c2c[nH]c3ncc(Cl)cc23)n1)C(=O)NCC(F)(F)F.CC[C@@](C)(Nc1nc(-c2c[nH]c3ncc(Cl)cc23)ncc1F)C(=O)NCC(F)(F)F.COC1C[C@@H](C(=O)NCC(F)(F)F)N(c2nc(-c3c[nH]c4ncc(Cl)cc34)ncc2F)C1. The highest BCUT2D eigenvalue weighted by molar-refractivity contribution is 6.32. The van der Waals surface area contributed by atoms with E-state index in [1.54, 1.807) is 68.2 Å². The summed E-state index contributed by atoms with van der Waals surface area (Å²) in [7, 11) is 1.41. The summed E-state index contributed by atoms with van der Waals surface area (Å²) < 4.78 is 183. The molecule has 0 saturated carbocycles. The third kappa shape index (κ3) is 23.2. The second-order valence-corrected chi connectivity index (χ2v) is 28.8. The molecular formula is C71H67Cl4F14N25O5. The van der Waals surface area contributed by atoms with Crippen LogP contribution in [-0.4, -0.2) is 202 Å². The molecule has 30 nitrogen and oxygen atoms in total. The minimum absolute atomic E-state index is 0.0292. The van der Waals surface area contributed by atoms with Gasteiger partial charge in [0.2, 0.25) is 29.6 Å². The van der Waals surface area contributed by atoms with Crippen molar-refractivity contribution in [3.05, 3.63) is 137 Å². The lowest BCUT2D eigenvalue weighted by Gasteiger charge is -2.29. The van der Waals surface area contributed by atoms with Crippen molar-refractivity contribution in [2.45, 2.75) is 114 Å². The van der Waals surface area contributed by atoms with Gasteiger partial charge in [0.05, 0.1) is 38.6 Å². The van der Waals surface area contributed by atoms with Gasteiger partial charge in [-0.3, -0.25) is 19.2 Å². The molecule has 1 saturated heterocycles. The maximum atomic E-state index is 14.7. The number of nitrogens with zero attached hydrogens (tertiary/aromatic N) is 14. The number of halogens is 18. The molecule has 0 radical (unpaired) electrons. The predicted octanol–water partition coefficient (Wildman–Crippen LogP) is 14.0. The predicted molar refractivity (Wildman–Crippen MR) is 411 cm³/mol. The average Bonchev–Trinajstić information content (AvgIpc) is 1.30. The fraction of sp³-hybridized carbons (Fsp3) is 0.338. The number of ether oxygens (including phenoxy) is 1. The van der Waals surface area contributed by atoms with E-state index in [4.69, 9.17) is 51.1 Å². The first-order chi connectivity index (χ1) is 55.8. The molecule has 11 N–H and O–H groups in total. The summed E-state index contributed by atoms with van der Waals surface area (Å²) in [6, 6.07) is 7.14. The smallest absolute Gasteiger partial charge is 0.380 e. The summed E-state index contributed by atoms with van der Waals surface area (Å²) in [5, 5.41) is 19.9. The number of nitrogens with one attached hydrogen (secondary N) is 11. The summed E-state index contributed by atoms with van der Waals surface area (Å²) in [4.78, 5) is 116. The zero-order valence-corrected chi connectivity index (χ0v) is 65.8. The van der Waals surface area contributed by atoms with E-state index < -0.39 is 115 Å². The molecule has 48 heteroatoms. The average molecular weight is 1760 g/mol. The number of alkyl halides is 12. The Labute approximate surface area is 682 Å². The lowest BCUT2D eigenvalue weighted by atomic mass is 9.97. The van der Waals surface area contributed by atoms with Crippen LogP contribution in [0.25, 0.3) is 89.7 Å². The number of fused-ring (bicyclic) bond motifs is 4. The first-order valence-electron chi connectivity index (χ1n) is 35.0. The Morgan fingerprint density at radius 3 is 1.30 bits per heavy atom. The molecule has 4 atom stereocenters. The number of carbonyl (C=O) groups excluding carboxylic acids is 4. The number of methoxy groups -OCH3 is 1. The van der Waals surface area contributed by atoms with Crippen LogP contribution in [0.2, 0.25) is 20.1 Å². The Bertz CT molecular complexity index is 5660. The largest absolute Gasteiger partial charge is 0.405 e. The maximum Gasteiger partial charge on any atom is 0.405 e. The number of pyridine rings is 4. The van der Waals surface area contributed by atoms with E-state index in [1.807, 2.05) is 16.0 Å². The van der Waals surface area contributed by atoms with Crippen molar-refractivity contribution in [1.29, 1.82) is 0 Å². The third-order valence-corrected chi connectivity index (χ3v) is 18.7. The van der Waals surface area contributed by atoms with Crippen LogP contribution in [0.15, 0.2) is 105 Å². The molecule has 1 unspecified atom stereocenters. The number of hydrogen-bond donors (Lipinski definition) is 11. The molecule has 4 amide bonds. The Morgan fingerprint density at radius 1 is 0.479 bits per heavy atom. The quantitative estimate of drug-likeness (QED) is 0.0281. The van der Waals surface area contributed by atoms with Crippen LogP contribution in [-0.2, 0) is 23.9 Å². The van der Waals surface area contributed by atoms with E-state index in [1.165, 1.54) is 83.1 Å². The molecule has 1 aliphatic heterocycles. The summed E-state index contributed by atoms with van der Waals surface area (Å²) in [5.41, 5.74) is 0.246. The Morgan fingerprint density at radius 2 is 0.874 bits per heavy atom. The molecule has 119 heavy (non-hydrogen) atoms. The van der Waals surface area contributed by atoms with Gasteiger partial charge in [0.15, 0.2) is 46.6 Å². The number of hydrogen-bond acceptors (Lipinski definition) is 22. The summed E-state index contributed by atoms with van der Waals surface area (Å²) in [5.74, 6) is -4.50. The second-order valence-electron chi connectivity index (χ2n) is 27.0. The third-order valence-electron chi connectivity index (χ3n) is 17.8. The van der Waals surface area contributed by atoms with Crippen molar-refractivity contribution < 1.29 is 85.4 Å². The maximum absolute atomic E-state index is 14.7. The minimum Gasteiger partial charge on any atom is -0.380 e. The molecule has 632 valence electrons. The van der Waals surface area contributed by atoms with Gasteiger partial charge in [-0.1, -0.05) is 60.3 Å². The molecule has 1 fully saturated rings. The van der Waals surface area contributed by atoms with Crippen molar-refractivity contribution >= 4 is 138 Å². The van der Waals surface area contributed by atoms with Crippen LogP contribution >= 0.6 is 46.4 Å². The number of amides is 4. The van der Waals surface area contributed by atoms with Gasteiger partial charge in [-0.15, -0.1) is 0 Å². The lowest BCUT2D eigenvalue weighted by molar-refractivity contribution is -0.140. The highest BCUT2D eigenvalue weighted by atomic mass is 35.5. The summed E-state index contributed by atoms with van der Waals surface area (Å²) >= 11 is 24.0. The minimum atomic E-state index is -4.57. The van der Waals surface area contributed by atoms with Crippen molar-refractivity contribution in [2.24, 2.45) is 0 Å². The Hall–Kier alpha value is -11.8. The van der Waals surface area contributed by atoms with Gasteiger partial charge in [-0.05, 0) is 70.9 Å². The van der Waals surface area contributed by atoms with Gasteiger partial charge in [-0.25, -0.2) is 68.6 Å². The van der Waals surface area contributed by atoms with Gasteiger partial charge < -0.3 is 66.8 Å². The molecule has 0 spiro atoms. The fourth-order valence-electron chi connectivity index (χ4n) is 11.4. The Balaban J connectivity index is 0.000000167. The number of H-pyrrole nitrogens is 4. The van der Waals surface area contributed by atoms with E-state index >= 15 is 0 Å². The van der Waals surface area contributed by atoms with Crippen LogP contribution in [0.5, 0.6) is 0 Å². The van der Waals surface area contributed by atoms with Gasteiger partial charge >= 0.3 is 24.7 Å². The van der Waals surface area contributed by atoms with Crippen LogP contribution in [0, 0.1) is 11.6 Å². The number of rotatable bonds is 22. The molecule has 0 aromatic carbocycles. The Kier molecular flexibility index (Phi) is 27.6. The summed E-state index contributed by atoms with van der Waals surface area (Å²) in [6.07, 6.45) is -1.27. The van der Waals surface area contributed by atoms with Crippen LogP contribution in [0.3, 0.4) is 0 Å². The topological polar surface area (TPSA) is 396 Å². The van der Waals surface area contributed by atoms with Crippen molar-refractivity contribution in [1.82, 2.24) is 106 Å². The standard InChI is InChI=1S/C19H17ClF4N6O2.C18H17ClF4N6O.C18H18ClF3N6O.C16H15ClF3N7O/c1-32-10-3-14(18(31)28-8-19(22,23)24)30(7-10)17-13(21)6-27-16(29-17)12-5-26-15-11(12)2-9(20)4-25-15;1-3-17(2,16(30)27-8-18(21,22)23)29-15-12(20)7-26-14(28-15)11-6-25-13-10(11)4-9(19)5-24-13;1-3-17(2,16(29)26-9-18(20,21)22)28-13-4-5-23-15(27-13)12-8-25-14-11(12)6-10(19)7-24-14;1-15(2,13(28)23-6-16(18,19)20)27-14-25-7-24-12(26-14)10-5-22-11-9(10)3-8(17)4-21-11/h2,4-6,10,14H,3,7-8H2,1H3,(H,25,26)(H,28,31);4-7H,3,8H2,1-2H3,(H,24,25)(H,27,30)(H,26,28,29);4-8H,3,9H2,1-2H3,(H,24,25)(H,26,29)(H,23,27,28);3-5,7H,6H2,1-2H3,(H,21,22)(H,23,28)(H,24,25,26,27)/t10?,14-;2*17-;/m011./s1. The fourth-order valence-corrected chi connectivity index (χ4v) is 12.0. The van der Waals surface area contributed by atoms with E-state index in [0.29, 0.717) is 92.7 Å². The van der Waals surface area contributed by atoms with Crippen molar-refractivity contribution in [2.75, 3.05) is 60.7 Å². The molecule has 13 heterocycles. The molecular weight excluding hydrogens is 1690 g/mol. The summed E-state index contributed by atoms with van der Waals surface area (Å²) in [6.45, 7) is 3.21. The number of anilines is 4.